The minimum atomic E-state index is -0.305. The zero-order valence-corrected chi connectivity index (χ0v) is 17.2. The number of nitrogens with zero attached hydrogens (tertiary/aromatic N) is 5. The summed E-state index contributed by atoms with van der Waals surface area (Å²) in [4.78, 5) is 32.8. The largest absolute Gasteiger partial charge is 0.332 e. The average molecular weight is 381 g/mol. The topological polar surface area (TPSA) is 65.1 Å². The molecule has 148 valence electrons. The normalized spacial score (nSPS) is 16.6. The Bertz CT molecular complexity index is 1160. The van der Waals surface area contributed by atoms with E-state index in [9.17, 15) is 9.59 Å². The van der Waals surface area contributed by atoms with Crippen molar-refractivity contribution in [2.45, 2.75) is 47.2 Å². The fraction of sp³-hybridized carbons (Fsp3) is 0.476. The smallest absolute Gasteiger partial charge is 0.312 e. The molecule has 1 aromatic carbocycles. The molecule has 0 saturated carbocycles. The molecule has 1 aliphatic heterocycles. The third-order valence-electron chi connectivity index (χ3n) is 5.41. The van der Waals surface area contributed by atoms with E-state index in [-0.39, 0.29) is 11.2 Å². The number of fused-ring (bicyclic) bond motifs is 3. The molecule has 0 saturated heterocycles. The number of benzene rings is 1. The maximum atomic E-state index is 13.2. The van der Waals surface area contributed by atoms with Crippen LogP contribution in [0.1, 0.15) is 31.4 Å². The summed E-state index contributed by atoms with van der Waals surface area (Å²) >= 11 is 0. The van der Waals surface area contributed by atoms with Crippen LogP contribution in [0.25, 0.3) is 11.2 Å². The van der Waals surface area contributed by atoms with Crippen LogP contribution in [-0.2, 0) is 20.1 Å². The van der Waals surface area contributed by atoms with E-state index in [4.69, 9.17) is 4.98 Å². The van der Waals surface area contributed by atoms with E-state index in [0.29, 0.717) is 30.2 Å². The molecule has 0 spiro atoms. The van der Waals surface area contributed by atoms with Gasteiger partial charge >= 0.3 is 5.69 Å². The summed E-state index contributed by atoms with van der Waals surface area (Å²) in [5.74, 6) is 1.08. The van der Waals surface area contributed by atoms with Crippen molar-refractivity contribution in [2.24, 2.45) is 13.0 Å². The molecule has 3 aromatic rings. The summed E-state index contributed by atoms with van der Waals surface area (Å²) in [5, 5.41) is 0. The Balaban J connectivity index is 2.02. The number of imidazole rings is 1. The van der Waals surface area contributed by atoms with Crippen LogP contribution < -0.4 is 16.1 Å². The third-order valence-corrected chi connectivity index (χ3v) is 5.41. The van der Waals surface area contributed by atoms with E-state index in [1.54, 1.807) is 7.05 Å². The van der Waals surface area contributed by atoms with Crippen LogP contribution in [-0.4, -0.2) is 25.2 Å². The van der Waals surface area contributed by atoms with E-state index < -0.39 is 0 Å². The van der Waals surface area contributed by atoms with Gasteiger partial charge in [-0.25, -0.2) is 4.79 Å². The molecule has 2 aromatic heterocycles. The number of rotatable bonds is 3. The summed E-state index contributed by atoms with van der Waals surface area (Å²) in [5.41, 5.74) is 3.88. The van der Waals surface area contributed by atoms with Gasteiger partial charge in [-0.05, 0) is 49.4 Å². The van der Waals surface area contributed by atoms with Gasteiger partial charge in [0.05, 0.1) is 0 Å². The molecule has 1 aliphatic rings. The molecule has 0 radical (unpaired) electrons. The molecule has 0 amide bonds. The first-order chi connectivity index (χ1) is 13.3. The van der Waals surface area contributed by atoms with E-state index in [1.165, 1.54) is 20.3 Å². The van der Waals surface area contributed by atoms with Gasteiger partial charge in [-0.1, -0.05) is 19.9 Å². The molecule has 0 aliphatic carbocycles. The first-order valence-corrected chi connectivity index (χ1v) is 9.87. The van der Waals surface area contributed by atoms with Gasteiger partial charge in [0, 0.05) is 32.4 Å². The lowest BCUT2D eigenvalue weighted by molar-refractivity contribution is 0.457. The summed E-state index contributed by atoms with van der Waals surface area (Å²) < 4.78 is 4.83. The second-order valence-corrected chi connectivity index (χ2v) is 8.05. The van der Waals surface area contributed by atoms with Crippen molar-refractivity contribution in [2.75, 3.05) is 11.4 Å². The Labute approximate surface area is 163 Å². The van der Waals surface area contributed by atoms with Gasteiger partial charge in [-0.2, -0.15) is 4.98 Å². The van der Waals surface area contributed by atoms with Crippen molar-refractivity contribution in [3.05, 3.63) is 50.2 Å². The predicted molar refractivity (Wildman–Crippen MR) is 112 cm³/mol. The number of aromatic nitrogens is 4. The SMILES string of the molecule is CCCn1c(=O)c2c(nc3n2C[C@H](C)CN3c2cc(C)cc(C)c2)n(C)c1=O. The minimum Gasteiger partial charge on any atom is -0.312 e. The van der Waals surface area contributed by atoms with Crippen LogP contribution in [0.5, 0.6) is 0 Å². The fourth-order valence-electron chi connectivity index (χ4n) is 4.25. The molecule has 1 atom stereocenters. The Kier molecular flexibility index (Phi) is 4.40. The average Bonchev–Trinajstić information content (AvgIpc) is 3.01. The lowest BCUT2D eigenvalue weighted by Crippen LogP contribution is -2.40. The zero-order valence-electron chi connectivity index (χ0n) is 17.2. The highest BCUT2D eigenvalue weighted by Crippen LogP contribution is 2.33. The maximum Gasteiger partial charge on any atom is 0.332 e. The highest BCUT2D eigenvalue weighted by Gasteiger charge is 2.29. The fourth-order valence-corrected chi connectivity index (χ4v) is 4.25. The summed E-state index contributed by atoms with van der Waals surface area (Å²) in [7, 11) is 1.69. The van der Waals surface area contributed by atoms with Crippen molar-refractivity contribution < 1.29 is 0 Å². The lowest BCUT2D eigenvalue weighted by Gasteiger charge is -2.33. The zero-order chi connectivity index (χ0) is 20.2. The van der Waals surface area contributed by atoms with Crippen molar-refractivity contribution in [1.82, 2.24) is 18.7 Å². The maximum absolute atomic E-state index is 13.2. The molecular formula is C21H27N5O2. The molecule has 4 rings (SSSR count). The molecule has 7 heteroatoms. The minimum absolute atomic E-state index is 0.242. The van der Waals surface area contributed by atoms with E-state index >= 15 is 0 Å². The quantitative estimate of drug-likeness (QED) is 0.700. The van der Waals surface area contributed by atoms with Crippen molar-refractivity contribution in [3.8, 4) is 0 Å². The van der Waals surface area contributed by atoms with Gasteiger partial charge in [0.15, 0.2) is 11.2 Å². The standard InChI is InChI=1S/C21H27N5O2/c1-6-7-24-19(27)17-18(23(5)21(24)28)22-20-25(11-15(4)12-26(17)20)16-9-13(2)8-14(3)10-16/h8-10,15H,6-7,11-12H2,1-5H3/t15-/m1/s1. The van der Waals surface area contributed by atoms with Crippen LogP contribution in [0.4, 0.5) is 11.6 Å². The second-order valence-electron chi connectivity index (χ2n) is 8.05. The number of anilines is 2. The first-order valence-electron chi connectivity index (χ1n) is 9.87. The van der Waals surface area contributed by atoms with Crippen LogP contribution in [0, 0.1) is 19.8 Å². The van der Waals surface area contributed by atoms with Gasteiger partial charge < -0.3 is 9.47 Å². The van der Waals surface area contributed by atoms with Gasteiger partial charge in [-0.3, -0.25) is 13.9 Å². The van der Waals surface area contributed by atoms with Crippen LogP contribution in [0.3, 0.4) is 0 Å². The third kappa shape index (κ3) is 2.77. The Hall–Kier alpha value is -2.83. The van der Waals surface area contributed by atoms with Gasteiger partial charge in [0.1, 0.15) is 0 Å². The number of aryl methyl sites for hydroxylation is 3. The first kappa shape index (κ1) is 18.5. The molecule has 28 heavy (non-hydrogen) atoms. The summed E-state index contributed by atoms with van der Waals surface area (Å²) in [6, 6.07) is 6.43. The van der Waals surface area contributed by atoms with Crippen molar-refractivity contribution >= 4 is 22.8 Å². The molecule has 0 N–H and O–H groups in total. The molecule has 0 fully saturated rings. The molecule has 0 unspecified atom stereocenters. The molecule has 7 nitrogen and oxygen atoms in total. The second kappa shape index (κ2) is 6.65. The predicted octanol–water partition coefficient (Wildman–Crippen LogP) is 2.71. The number of hydrogen-bond acceptors (Lipinski definition) is 4. The van der Waals surface area contributed by atoms with Crippen molar-refractivity contribution in [3.63, 3.8) is 0 Å². The van der Waals surface area contributed by atoms with Crippen molar-refractivity contribution in [1.29, 1.82) is 0 Å². The molecule has 3 heterocycles. The van der Waals surface area contributed by atoms with E-state index in [2.05, 4.69) is 43.9 Å². The molecular weight excluding hydrogens is 354 g/mol. The van der Waals surface area contributed by atoms with Crippen LogP contribution >= 0.6 is 0 Å². The van der Waals surface area contributed by atoms with Gasteiger partial charge in [0.2, 0.25) is 5.95 Å². The summed E-state index contributed by atoms with van der Waals surface area (Å²) in [6.45, 7) is 10.3. The van der Waals surface area contributed by atoms with Gasteiger partial charge in [-0.15, -0.1) is 0 Å². The van der Waals surface area contributed by atoms with E-state index in [0.717, 1.165) is 24.6 Å². The highest BCUT2D eigenvalue weighted by molar-refractivity contribution is 5.77. The number of hydrogen-bond donors (Lipinski definition) is 0. The van der Waals surface area contributed by atoms with Gasteiger partial charge in [0.25, 0.3) is 5.56 Å². The Morgan fingerprint density at radius 1 is 1.11 bits per heavy atom. The Morgan fingerprint density at radius 2 is 1.79 bits per heavy atom. The van der Waals surface area contributed by atoms with Crippen LogP contribution in [0.2, 0.25) is 0 Å². The highest BCUT2D eigenvalue weighted by atomic mass is 16.2. The van der Waals surface area contributed by atoms with E-state index in [1.807, 2.05) is 11.5 Å². The Morgan fingerprint density at radius 3 is 2.43 bits per heavy atom. The summed E-state index contributed by atoms with van der Waals surface area (Å²) in [6.07, 6.45) is 0.729. The lowest BCUT2D eigenvalue weighted by atomic mass is 10.1. The monoisotopic (exact) mass is 381 g/mol. The molecule has 0 bridgehead atoms. The van der Waals surface area contributed by atoms with Crippen LogP contribution in [0.15, 0.2) is 27.8 Å².